The Kier molecular flexibility index (Phi) is 59.5. The van der Waals surface area contributed by atoms with Crippen LogP contribution in [0.3, 0.4) is 0 Å². The van der Waals surface area contributed by atoms with Gasteiger partial charge in [0.05, 0.1) is 0 Å². The van der Waals surface area contributed by atoms with Crippen LogP contribution in [0.5, 0.6) is 0 Å². The lowest BCUT2D eigenvalue weighted by atomic mass is 10.1. The standard InChI is InChI=1S/C72H110O6/c1-4-7-10-13-16-19-22-24-26-28-30-31-32-33-34-35-36-37-38-39-40-41-43-44-46-48-50-53-56-59-62-65-71(74)77-68-69(67-76-70(73)64-61-58-55-52-21-18-15-12-9-6-3)78-72(75)66-63-60-57-54-51-49-47-45-42-29-27-25-23-20-17-14-11-8-5-2/h7-8,10-12,15-17,19-20,24-27,30-31,33-34,36-37,39-40,42-45,49,51,57,60,69H,4-6,9,13-14,18,21-23,28-29,32,35,38,41,46-48,50,52-56,58-59,61-68H2,1-3H3/b10-7-,11-8-,15-12-,19-16-,20-17-,26-24-,27-25-,31-30-,34-33-,37-36-,40-39-,44-43-,45-42-,51-49-,60-57-. The molecule has 0 rings (SSSR count). The molecule has 1 atom stereocenters. The van der Waals surface area contributed by atoms with Crippen molar-refractivity contribution in [3.63, 3.8) is 0 Å². The van der Waals surface area contributed by atoms with Crippen molar-refractivity contribution in [3.05, 3.63) is 182 Å². The van der Waals surface area contributed by atoms with E-state index in [9.17, 15) is 14.4 Å². The number of carbonyl (C=O) groups excluding carboxylic acids is 3. The molecule has 0 aromatic heterocycles. The summed E-state index contributed by atoms with van der Waals surface area (Å²) in [6, 6.07) is 0. The van der Waals surface area contributed by atoms with E-state index in [1.165, 1.54) is 25.7 Å². The highest BCUT2D eigenvalue weighted by Crippen LogP contribution is 2.13. The van der Waals surface area contributed by atoms with E-state index in [-0.39, 0.29) is 31.6 Å². The molecule has 0 amide bonds. The molecule has 0 bridgehead atoms. The first-order valence-corrected chi connectivity index (χ1v) is 30.8. The largest absolute Gasteiger partial charge is 0.462 e. The van der Waals surface area contributed by atoms with E-state index in [0.717, 1.165) is 161 Å². The van der Waals surface area contributed by atoms with E-state index in [0.29, 0.717) is 19.3 Å². The number of hydrogen-bond acceptors (Lipinski definition) is 6. The molecule has 0 radical (unpaired) electrons. The monoisotopic (exact) mass is 1070 g/mol. The summed E-state index contributed by atoms with van der Waals surface area (Å²) in [5.41, 5.74) is 0. The second-order valence-corrected chi connectivity index (χ2v) is 19.5. The van der Waals surface area contributed by atoms with E-state index in [4.69, 9.17) is 14.2 Å². The van der Waals surface area contributed by atoms with Crippen LogP contribution in [0.1, 0.15) is 233 Å². The van der Waals surface area contributed by atoms with Gasteiger partial charge >= 0.3 is 17.9 Å². The Hall–Kier alpha value is -5.49. The van der Waals surface area contributed by atoms with Crippen LogP contribution in [0.4, 0.5) is 0 Å². The summed E-state index contributed by atoms with van der Waals surface area (Å²) in [4.78, 5) is 38.1. The molecule has 0 saturated heterocycles. The average Bonchev–Trinajstić information content (AvgIpc) is 3.44. The Bertz CT molecular complexity index is 1850. The topological polar surface area (TPSA) is 78.9 Å². The van der Waals surface area contributed by atoms with Gasteiger partial charge in [-0.15, -0.1) is 0 Å². The first-order valence-electron chi connectivity index (χ1n) is 30.8. The maximum absolute atomic E-state index is 12.8. The molecule has 0 saturated carbocycles. The normalized spacial score (nSPS) is 13.4. The van der Waals surface area contributed by atoms with Gasteiger partial charge in [-0.2, -0.15) is 0 Å². The van der Waals surface area contributed by atoms with E-state index in [1.54, 1.807) is 0 Å². The van der Waals surface area contributed by atoms with E-state index in [1.807, 2.05) is 12.2 Å². The quantitative estimate of drug-likeness (QED) is 0.0261. The van der Waals surface area contributed by atoms with Crippen LogP contribution >= 0.6 is 0 Å². The van der Waals surface area contributed by atoms with E-state index >= 15 is 0 Å². The van der Waals surface area contributed by atoms with Gasteiger partial charge in [0.25, 0.3) is 0 Å². The zero-order valence-corrected chi connectivity index (χ0v) is 49.6. The minimum Gasteiger partial charge on any atom is -0.462 e. The molecular formula is C72H110O6. The molecule has 0 spiro atoms. The summed E-state index contributed by atoms with van der Waals surface area (Å²) in [6.45, 7) is 6.24. The average molecular weight is 1070 g/mol. The Morgan fingerprint density at radius 1 is 0.269 bits per heavy atom. The number of ether oxygens (including phenoxy) is 3. The van der Waals surface area contributed by atoms with Crippen LogP contribution < -0.4 is 0 Å². The van der Waals surface area contributed by atoms with Crippen molar-refractivity contribution in [2.75, 3.05) is 13.2 Å². The summed E-state index contributed by atoms with van der Waals surface area (Å²) >= 11 is 0. The number of carbonyl (C=O) groups is 3. The predicted octanol–water partition coefficient (Wildman–Crippen LogP) is 21.3. The Labute approximate surface area is 478 Å². The smallest absolute Gasteiger partial charge is 0.306 e. The van der Waals surface area contributed by atoms with Gasteiger partial charge in [0.15, 0.2) is 6.10 Å². The van der Waals surface area contributed by atoms with Gasteiger partial charge < -0.3 is 14.2 Å². The Morgan fingerprint density at radius 3 is 0.846 bits per heavy atom. The predicted molar refractivity (Wildman–Crippen MR) is 338 cm³/mol. The van der Waals surface area contributed by atoms with Gasteiger partial charge in [-0.3, -0.25) is 14.4 Å². The number of esters is 3. The fourth-order valence-electron chi connectivity index (χ4n) is 7.60. The van der Waals surface area contributed by atoms with Crippen molar-refractivity contribution in [2.45, 2.75) is 239 Å². The molecule has 0 aliphatic rings. The molecule has 1 unspecified atom stereocenters. The molecule has 434 valence electrons. The summed E-state index contributed by atoms with van der Waals surface area (Å²) in [5, 5.41) is 0. The van der Waals surface area contributed by atoms with Crippen molar-refractivity contribution in [2.24, 2.45) is 0 Å². The van der Waals surface area contributed by atoms with Gasteiger partial charge in [-0.1, -0.05) is 254 Å². The molecule has 0 heterocycles. The molecule has 0 fully saturated rings. The third kappa shape index (κ3) is 61.4. The molecule has 0 N–H and O–H groups in total. The molecule has 0 aliphatic heterocycles. The van der Waals surface area contributed by atoms with Crippen molar-refractivity contribution in [3.8, 4) is 0 Å². The number of hydrogen-bond donors (Lipinski definition) is 0. The second-order valence-electron chi connectivity index (χ2n) is 19.5. The van der Waals surface area contributed by atoms with Crippen LogP contribution in [-0.4, -0.2) is 37.2 Å². The van der Waals surface area contributed by atoms with Crippen LogP contribution in [-0.2, 0) is 28.6 Å². The molecule has 6 nitrogen and oxygen atoms in total. The van der Waals surface area contributed by atoms with Crippen molar-refractivity contribution < 1.29 is 28.6 Å². The fraction of sp³-hybridized carbons (Fsp3) is 0.542. The molecule has 0 aromatic carbocycles. The van der Waals surface area contributed by atoms with Crippen molar-refractivity contribution in [1.29, 1.82) is 0 Å². The lowest BCUT2D eigenvalue weighted by molar-refractivity contribution is -0.166. The Morgan fingerprint density at radius 2 is 0.526 bits per heavy atom. The maximum Gasteiger partial charge on any atom is 0.306 e. The van der Waals surface area contributed by atoms with Gasteiger partial charge in [0.1, 0.15) is 13.2 Å². The Balaban J connectivity index is 4.40. The van der Waals surface area contributed by atoms with Crippen molar-refractivity contribution in [1.82, 2.24) is 0 Å². The van der Waals surface area contributed by atoms with Crippen LogP contribution in [0, 0.1) is 0 Å². The minimum atomic E-state index is -0.838. The number of rotatable bonds is 53. The van der Waals surface area contributed by atoms with Crippen molar-refractivity contribution >= 4 is 17.9 Å². The first-order chi connectivity index (χ1) is 38.5. The summed E-state index contributed by atoms with van der Waals surface area (Å²) in [7, 11) is 0. The van der Waals surface area contributed by atoms with Crippen LogP contribution in [0.15, 0.2) is 182 Å². The molecule has 0 aromatic rings. The van der Waals surface area contributed by atoms with Gasteiger partial charge in [0.2, 0.25) is 0 Å². The number of unbranched alkanes of at least 4 members (excludes halogenated alkanes) is 12. The number of allylic oxidation sites excluding steroid dienone is 30. The summed E-state index contributed by atoms with van der Waals surface area (Å²) in [5.74, 6) is -1.05. The molecule has 6 heteroatoms. The highest BCUT2D eigenvalue weighted by atomic mass is 16.6. The SMILES string of the molecule is CC/C=C\C/C=C\C/C=C\C/C=C\C/C=C\C/C=C\C/C=C\C/C=C\CCCCCCCCC(=O)OCC(COC(=O)CCCCCCC/C=C\CCC)OC(=O)CC/C=C\C/C=C\C/C=C\C/C=C\C/C=C\C/C=C\CC. The zero-order chi connectivity index (χ0) is 56.4. The lowest BCUT2D eigenvalue weighted by Gasteiger charge is -2.18. The van der Waals surface area contributed by atoms with Gasteiger partial charge in [0, 0.05) is 19.3 Å². The highest BCUT2D eigenvalue weighted by molar-refractivity contribution is 5.71. The minimum absolute atomic E-state index is 0.126. The summed E-state index contributed by atoms with van der Waals surface area (Å²) in [6.07, 6.45) is 96.3. The third-order valence-corrected chi connectivity index (χ3v) is 12.1. The van der Waals surface area contributed by atoms with Gasteiger partial charge in [-0.05, 0) is 141 Å². The molecule has 78 heavy (non-hydrogen) atoms. The first kappa shape index (κ1) is 72.5. The molecular weight excluding hydrogens is 961 g/mol. The van der Waals surface area contributed by atoms with Crippen LogP contribution in [0.25, 0.3) is 0 Å². The second kappa shape index (κ2) is 64.0. The fourth-order valence-corrected chi connectivity index (χ4v) is 7.60. The zero-order valence-electron chi connectivity index (χ0n) is 49.6. The van der Waals surface area contributed by atoms with E-state index in [2.05, 4.69) is 191 Å². The lowest BCUT2D eigenvalue weighted by Crippen LogP contribution is -2.30. The van der Waals surface area contributed by atoms with E-state index < -0.39 is 12.1 Å². The molecule has 0 aliphatic carbocycles. The highest BCUT2D eigenvalue weighted by Gasteiger charge is 2.19. The van der Waals surface area contributed by atoms with Gasteiger partial charge in [-0.25, -0.2) is 0 Å². The summed E-state index contributed by atoms with van der Waals surface area (Å²) < 4.78 is 16.8. The maximum atomic E-state index is 12.8. The van der Waals surface area contributed by atoms with Crippen LogP contribution in [0.2, 0.25) is 0 Å². The third-order valence-electron chi connectivity index (χ3n) is 12.1.